The van der Waals surface area contributed by atoms with Crippen molar-refractivity contribution in [2.45, 2.75) is 25.4 Å². The number of imidazole rings is 1. The highest BCUT2D eigenvalue weighted by atomic mass is 19.1. The van der Waals surface area contributed by atoms with Crippen molar-refractivity contribution in [2.24, 2.45) is 0 Å². The number of carbonyl (C=O) groups excluding carboxylic acids is 1. The van der Waals surface area contributed by atoms with Crippen LogP contribution in [0.15, 0.2) is 61.2 Å². The van der Waals surface area contributed by atoms with E-state index in [2.05, 4.69) is 15.6 Å². The Morgan fingerprint density at radius 3 is 2.70 bits per heavy atom. The number of hydrogen-bond donors (Lipinski definition) is 2. The summed E-state index contributed by atoms with van der Waals surface area (Å²) in [4.78, 5) is 18.3. The summed E-state index contributed by atoms with van der Waals surface area (Å²) in [5.41, 5.74) is 2.33. The number of benzene rings is 2. The molecule has 1 aliphatic rings. The van der Waals surface area contributed by atoms with E-state index >= 15 is 0 Å². The van der Waals surface area contributed by atoms with Crippen molar-refractivity contribution in [3.63, 3.8) is 0 Å². The van der Waals surface area contributed by atoms with Gasteiger partial charge in [-0.1, -0.05) is 12.1 Å². The molecule has 2 aromatic carbocycles. The van der Waals surface area contributed by atoms with Crippen LogP contribution in [0.5, 0.6) is 0 Å². The SMILES string of the molecule is CC(NC(=O)NC1CCN(c2ccc(F)cc2F)C1)c1ccc(-n2ccnc2)cc1. The predicted molar refractivity (Wildman–Crippen MR) is 111 cm³/mol. The topological polar surface area (TPSA) is 62.2 Å². The first-order chi connectivity index (χ1) is 14.5. The minimum atomic E-state index is -0.600. The number of nitrogens with one attached hydrogen (secondary N) is 2. The van der Waals surface area contributed by atoms with Gasteiger partial charge in [-0.3, -0.25) is 0 Å². The van der Waals surface area contributed by atoms with Crippen LogP contribution in [0.1, 0.15) is 24.9 Å². The number of urea groups is 1. The van der Waals surface area contributed by atoms with Crippen LogP contribution in [0.3, 0.4) is 0 Å². The zero-order chi connectivity index (χ0) is 21.1. The van der Waals surface area contributed by atoms with Crippen LogP contribution in [0, 0.1) is 11.6 Å². The van der Waals surface area contributed by atoms with Crippen molar-refractivity contribution in [1.82, 2.24) is 20.2 Å². The number of hydrogen-bond acceptors (Lipinski definition) is 3. The molecule has 6 nitrogen and oxygen atoms in total. The van der Waals surface area contributed by atoms with Crippen molar-refractivity contribution in [3.05, 3.63) is 78.4 Å². The predicted octanol–water partition coefficient (Wildman–Crippen LogP) is 3.79. The minimum Gasteiger partial charge on any atom is -0.367 e. The molecule has 1 aromatic heterocycles. The lowest BCUT2D eigenvalue weighted by atomic mass is 10.1. The first-order valence-corrected chi connectivity index (χ1v) is 9.85. The highest BCUT2D eigenvalue weighted by Crippen LogP contribution is 2.24. The average molecular weight is 411 g/mol. The third-order valence-corrected chi connectivity index (χ3v) is 5.32. The van der Waals surface area contributed by atoms with Crippen LogP contribution in [0.2, 0.25) is 0 Å². The molecule has 2 amide bonds. The van der Waals surface area contributed by atoms with Crippen molar-refractivity contribution < 1.29 is 13.6 Å². The van der Waals surface area contributed by atoms with Gasteiger partial charge in [-0.15, -0.1) is 0 Å². The summed E-state index contributed by atoms with van der Waals surface area (Å²) in [6, 6.07) is 10.9. The van der Waals surface area contributed by atoms with E-state index in [9.17, 15) is 13.6 Å². The van der Waals surface area contributed by atoms with Gasteiger partial charge < -0.3 is 20.1 Å². The summed E-state index contributed by atoms with van der Waals surface area (Å²) in [5.74, 6) is -1.19. The summed E-state index contributed by atoms with van der Waals surface area (Å²) >= 11 is 0. The molecule has 2 atom stereocenters. The Balaban J connectivity index is 1.30. The molecule has 2 unspecified atom stereocenters. The first-order valence-electron chi connectivity index (χ1n) is 9.85. The number of aromatic nitrogens is 2. The Bertz CT molecular complexity index is 1010. The maximum absolute atomic E-state index is 14.0. The van der Waals surface area contributed by atoms with Crippen molar-refractivity contribution >= 4 is 11.7 Å². The van der Waals surface area contributed by atoms with Crippen molar-refractivity contribution in [2.75, 3.05) is 18.0 Å². The normalized spacial score (nSPS) is 17.0. The average Bonchev–Trinajstić information content (AvgIpc) is 3.40. The molecule has 0 radical (unpaired) electrons. The van der Waals surface area contributed by atoms with E-state index in [4.69, 9.17) is 0 Å². The third kappa shape index (κ3) is 4.42. The van der Waals surface area contributed by atoms with Gasteiger partial charge in [-0.2, -0.15) is 0 Å². The van der Waals surface area contributed by atoms with E-state index in [0.29, 0.717) is 25.2 Å². The van der Waals surface area contributed by atoms with Crippen LogP contribution in [-0.2, 0) is 0 Å². The largest absolute Gasteiger partial charge is 0.367 e. The summed E-state index contributed by atoms with van der Waals surface area (Å²) < 4.78 is 29.0. The molecule has 3 aromatic rings. The van der Waals surface area contributed by atoms with Crippen molar-refractivity contribution in [1.29, 1.82) is 0 Å². The standard InChI is InChI=1S/C22H23F2N5O/c1-15(16-2-5-19(6-3-16)29-11-9-25-14-29)26-22(30)27-18-8-10-28(13-18)21-7-4-17(23)12-20(21)24/h2-7,9,11-12,14-15,18H,8,10,13H2,1H3,(H2,26,27,30). The molecule has 2 N–H and O–H groups in total. The zero-order valence-electron chi connectivity index (χ0n) is 16.6. The molecule has 30 heavy (non-hydrogen) atoms. The van der Waals surface area contributed by atoms with Crippen molar-refractivity contribution in [3.8, 4) is 5.69 Å². The van der Waals surface area contributed by atoms with Crippen LogP contribution in [0.25, 0.3) is 5.69 Å². The van der Waals surface area contributed by atoms with Gasteiger partial charge in [-0.25, -0.2) is 18.6 Å². The second-order valence-corrected chi connectivity index (χ2v) is 7.43. The van der Waals surface area contributed by atoms with E-state index in [-0.39, 0.29) is 18.1 Å². The molecule has 0 spiro atoms. The first kappa shape index (κ1) is 19.9. The molecule has 0 bridgehead atoms. The summed E-state index contributed by atoms with van der Waals surface area (Å²) in [6.45, 7) is 2.99. The maximum Gasteiger partial charge on any atom is 0.315 e. The number of rotatable bonds is 5. The Morgan fingerprint density at radius 2 is 2.00 bits per heavy atom. The molecule has 0 aliphatic carbocycles. The van der Waals surface area contributed by atoms with Gasteiger partial charge >= 0.3 is 6.03 Å². The number of nitrogens with zero attached hydrogens (tertiary/aromatic N) is 3. The van der Waals surface area contributed by atoms with Gasteiger partial charge in [0.15, 0.2) is 0 Å². The number of carbonyl (C=O) groups is 1. The molecule has 1 saturated heterocycles. The number of halogens is 2. The van der Waals surface area contributed by atoms with Crippen LogP contribution < -0.4 is 15.5 Å². The fourth-order valence-corrected chi connectivity index (χ4v) is 3.69. The molecular weight excluding hydrogens is 388 g/mol. The molecule has 1 aliphatic heterocycles. The fraction of sp³-hybridized carbons (Fsp3) is 0.273. The summed E-state index contributed by atoms with van der Waals surface area (Å²) in [7, 11) is 0. The van der Waals surface area contributed by atoms with Gasteiger partial charge in [0.25, 0.3) is 0 Å². The molecule has 4 rings (SSSR count). The molecule has 1 fully saturated rings. The lowest BCUT2D eigenvalue weighted by Gasteiger charge is -2.21. The summed E-state index contributed by atoms with van der Waals surface area (Å²) in [5, 5.41) is 5.88. The molecular formula is C22H23F2N5O. The van der Waals surface area contributed by atoms with Gasteiger partial charge in [0.2, 0.25) is 0 Å². The molecule has 0 saturated carbocycles. The molecule has 156 valence electrons. The summed E-state index contributed by atoms with van der Waals surface area (Å²) in [6.07, 6.45) is 6.01. The Hall–Kier alpha value is -3.42. The van der Waals surface area contributed by atoms with Crippen LogP contribution in [-0.4, -0.2) is 34.7 Å². The quantitative estimate of drug-likeness (QED) is 0.672. The smallest absolute Gasteiger partial charge is 0.315 e. The lowest BCUT2D eigenvalue weighted by Crippen LogP contribution is -2.44. The molecule has 8 heteroatoms. The van der Waals surface area contributed by atoms with Gasteiger partial charge in [0.05, 0.1) is 18.1 Å². The second kappa shape index (κ2) is 8.52. The van der Waals surface area contributed by atoms with Crippen LogP contribution in [0.4, 0.5) is 19.3 Å². The van der Waals surface area contributed by atoms with Gasteiger partial charge in [-0.05, 0) is 43.2 Å². The Morgan fingerprint density at radius 1 is 1.20 bits per heavy atom. The zero-order valence-corrected chi connectivity index (χ0v) is 16.6. The van der Waals surface area contributed by atoms with E-state index in [1.54, 1.807) is 12.5 Å². The van der Waals surface area contributed by atoms with E-state index in [1.807, 2.05) is 46.9 Å². The van der Waals surface area contributed by atoms with E-state index in [0.717, 1.165) is 17.3 Å². The number of amides is 2. The second-order valence-electron chi connectivity index (χ2n) is 7.43. The Kier molecular flexibility index (Phi) is 5.65. The van der Waals surface area contributed by atoms with Gasteiger partial charge in [0, 0.05) is 43.3 Å². The third-order valence-electron chi connectivity index (χ3n) is 5.32. The Labute approximate surface area is 173 Å². The minimum absolute atomic E-state index is 0.106. The molecule has 2 heterocycles. The maximum atomic E-state index is 14.0. The highest BCUT2D eigenvalue weighted by Gasteiger charge is 2.26. The van der Waals surface area contributed by atoms with Crippen LogP contribution >= 0.6 is 0 Å². The fourth-order valence-electron chi connectivity index (χ4n) is 3.69. The number of anilines is 1. The lowest BCUT2D eigenvalue weighted by molar-refractivity contribution is 0.235. The van der Waals surface area contributed by atoms with E-state index < -0.39 is 11.6 Å². The highest BCUT2D eigenvalue weighted by molar-refractivity contribution is 5.75. The van der Waals surface area contributed by atoms with Gasteiger partial charge in [0.1, 0.15) is 11.6 Å². The monoisotopic (exact) mass is 411 g/mol. The van der Waals surface area contributed by atoms with E-state index in [1.165, 1.54) is 12.1 Å².